The summed E-state index contributed by atoms with van der Waals surface area (Å²) in [7, 11) is 0. The molecule has 0 aliphatic carbocycles. The molecular formula is C21H31N5OS. The minimum absolute atomic E-state index is 0.00727. The van der Waals surface area contributed by atoms with Gasteiger partial charge in [-0.05, 0) is 38.0 Å². The number of anilines is 1. The number of rotatable bonds is 9. The van der Waals surface area contributed by atoms with E-state index in [9.17, 15) is 4.79 Å². The third kappa shape index (κ3) is 7.31. The SMILES string of the molecule is CCNC(=NCc1cccc(NC(=O)C(C)CC)c1)NCCc1ncc(C)s1. The molecular weight excluding hydrogens is 370 g/mol. The van der Waals surface area contributed by atoms with Gasteiger partial charge in [-0.1, -0.05) is 26.0 Å². The van der Waals surface area contributed by atoms with Crippen LogP contribution in [0.1, 0.15) is 42.6 Å². The van der Waals surface area contributed by atoms with E-state index in [2.05, 4.69) is 32.9 Å². The third-order valence-electron chi connectivity index (χ3n) is 4.32. The summed E-state index contributed by atoms with van der Waals surface area (Å²) >= 11 is 1.73. The fourth-order valence-corrected chi connectivity index (χ4v) is 3.30. The van der Waals surface area contributed by atoms with Crippen molar-refractivity contribution in [2.45, 2.75) is 47.1 Å². The minimum Gasteiger partial charge on any atom is -0.357 e. The number of amides is 1. The Morgan fingerprint density at radius 2 is 2.11 bits per heavy atom. The van der Waals surface area contributed by atoms with Crippen LogP contribution in [0.25, 0.3) is 0 Å². The normalized spacial score (nSPS) is 12.5. The maximum absolute atomic E-state index is 12.1. The molecule has 7 heteroatoms. The van der Waals surface area contributed by atoms with Crippen LogP contribution in [0.5, 0.6) is 0 Å². The highest BCUT2D eigenvalue weighted by atomic mass is 32.1. The molecule has 1 heterocycles. The molecule has 152 valence electrons. The molecule has 0 saturated heterocycles. The van der Waals surface area contributed by atoms with Gasteiger partial charge in [-0.2, -0.15) is 0 Å². The molecule has 2 rings (SSSR count). The number of aliphatic imine (C=N–C) groups is 1. The van der Waals surface area contributed by atoms with Gasteiger partial charge in [0.15, 0.2) is 5.96 Å². The summed E-state index contributed by atoms with van der Waals surface area (Å²) in [5.74, 6) is 0.841. The van der Waals surface area contributed by atoms with Crippen molar-refractivity contribution in [3.05, 3.63) is 45.9 Å². The molecule has 0 radical (unpaired) electrons. The van der Waals surface area contributed by atoms with Crippen LogP contribution in [-0.2, 0) is 17.8 Å². The first-order valence-corrected chi connectivity index (χ1v) is 10.7. The number of thiazole rings is 1. The lowest BCUT2D eigenvalue weighted by Gasteiger charge is -2.12. The van der Waals surface area contributed by atoms with Crippen molar-refractivity contribution < 1.29 is 4.79 Å². The first kappa shape index (κ1) is 21.9. The molecule has 1 atom stereocenters. The van der Waals surface area contributed by atoms with E-state index in [1.165, 1.54) is 4.88 Å². The van der Waals surface area contributed by atoms with Gasteiger partial charge in [0.1, 0.15) is 0 Å². The predicted molar refractivity (Wildman–Crippen MR) is 118 cm³/mol. The van der Waals surface area contributed by atoms with Gasteiger partial charge in [-0.3, -0.25) is 4.79 Å². The summed E-state index contributed by atoms with van der Waals surface area (Å²) in [6, 6.07) is 7.85. The van der Waals surface area contributed by atoms with Crippen molar-refractivity contribution in [2.24, 2.45) is 10.9 Å². The van der Waals surface area contributed by atoms with Gasteiger partial charge in [0.2, 0.25) is 5.91 Å². The standard InChI is InChI=1S/C21H31N5OS/c1-5-15(3)20(27)26-18-9-7-8-17(12-18)14-25-21(22-6-2)23-11-10-19-24-13-16(4)28-19/h7-9,12-13,15H,5-6,10-11,14H2,1-4H3,(H,26,27)(H2,22,23,25). The van der Waals surface area contributed by atoms with Gasteiger partial charge in [0.05, 0.1) is 11.6 Å². The number of carbonyl (C=O) groups is 1. The predicted octanol–water partition coefficient (Wildman–Crippen LogP) is 3.73. The lowest BCUT2D eigenvalue weighted by Crippen LogP contribution is -2.38. The van der Waals surface area contributed by atoms with E-state index in [0.29, 0.717) is 6.54 Å². The number of carbonyl (C=O) groups excluding carboxylic acids is 1. The smallest absolute Gasteiger partial charge is 0.227 e. The molecule has 28 heavy (non-hydrogen) atoms. The van der Waals surface area contributed by atoms with Gasteiger partial charge in [-0.15, -0.1) is 11.3 Å². The van der Waals surface area contributed by atoms with Crippen LogP contribution < -0.4 is 16.0 Å². The van der Waals surface area contributed by atoms with Crippen LogP contribution in [0.2, 0.25) is 0 Å². The second kappa shape index (κ2) is 11.4. The number of aryl methyl sites for hydroxylation is 1. The maximum Gasteiger partial charge on any atom is 0.227 e. The fraction of sp³-hybridized carbons (Fsp3) is 0.476. The van der Waals surface area contributed by atoms with Crippen LogP contribution in [0.15, 0.2) is 35.5 Å². The van der Waals surface area contributed by atoms with E-state index in [-0.39, 0.29) is 11.8 Å². The monoisotopic (exact) mass is 401 g/mol. The fourth-order valence-electron chi connectivity index (χ4n) is 2.52. The largest absolute Gasteiger partial charge is 0.357 e. The molecule has 6 nitrogen and oxygen atoms in total. The van der Waals surface area contributed by atoms with Crippen molar-refractivity contribution in [3.8, 4) is 0 Å². The van der Waals surface area contributed by atoms with E-state index < -0.39 is 0 Å². The number of guanidine groups is 1. The van der Waals surface area contributed by atoms with Gasteiger partial charge < -0.3 is 16.0 Å². The second-order valence-corrected chi connectivity index (χ2v) is 8.05. The lowest BCUT2D eigenvalue weighted by molar-refractivity contribution is -0.119. The molecule has 1 unspecified atom stereocenters. The van der Waals surface area contributed by atoms with Crippen LogP contribution in [0.4, 0.5) is 5.69 Å². The summed E-state index contributed by atoms with van der Waals surface area (Å²) in [5.41, 5.74) is 1.87. The van der Waals surface area contributed by atoms with Gasteiger partial charge in [0, 0.05) is 42.2 Å². The number of aromatic nitrogens is 1. The van der Waals surface area contributed by atoms with Gasteiger partial charge in [0.25, 0.3) is 0 Å². The topological polar surface area (TPSA) is 78.4 Å². The molecule has 0 spiro atoms. The Morgan fingerprint density at radius 1 is 1.29 bits per heavy atom. The summed E-state index contributed by atoms with van der Waals surface area (Å²) in [5, 5.41) is 10.7. The number of nitrogens with zero attached hydrogens (tertiary/aromatic N) is 2. The number of hydrogen-bond donors (Lipinski definition) is 3. The molecule has 0 bridgehead atoms. The molecule has 0 aliphatic heterocycles. The van der Waals surface area contributed by atoms with E-state index >= 15 is 0 Å². The highest BCUT2D eigenvalue weighted by molar-refractivity contribution is 7.11. The number of benzene rings is 1. The molecule has 0 aliphatic rings. The van der Waals surface area contributed by atoms with E-state index in [0.717, 1.165) is 48.1 Å². The zero-order valence-electron chi connectivity index (χ0n) is 17.2. The number of nitrogens with one attached hydrogen (secondary N) is 3. The highest BCUT2D eigenvalue weighted by Crippen LogP contribution is 2.14. The molecule has 1 amide bonds. The molecule has 0 fully saturated rings. The quantitative estimate of drug-likeness (QED) is 0.442. The summed E-state index contributed by atoms with van der Waals surface area (Å²) in [6.07, 6.45) is 3.61. The summed E-state index contributed by atoms with van der Waals surface area (Å²) < 4.78 is 0. The molecule has 1 aromatic heterocycles. The Balaban J connectivity index is 1.92. The minimum atomic E-state index is 0.00727. The van der Waals surface area contributed by atoms with Crippen molar-refractivity contribution in [3.63, 3.8) is 0 Å². The Bertz CT molecular complexity index is 787. The zero-order valence-corrected chi connectivity index (χ0v) is 18.0. The maximum atomic E-state index is 12.1. The Morgan fingerprint density at radius 3 is 2.79 bits per heavy atom. The highest BCUT2D eigenvalue weighted by Gasteiger charge is 2.10. The van der Waals surface area contributed by atoms with Crippen molar-refractivity contribution in [1.29, 1.82) is 0 Å². The first-order chi connectivity index (χ1) is 13.5. The van der Waals surface area contributed by atoms with Crippen molar-refractivity contribution in [1.82, 2.24) is 15.6 Å². The van der Waals surface area contributed by atoms with Crippen LogP contribution >= 0.6 is 11.3 Å². The Labute approximate surface area is 171 Å². The van der Waals surface area contributed by atoms with Crippen LogP contribution in [0.3, 0.4) is 0 Å². The lowest BCUT2D eigenvalue weighted by atomic mass is 10.1. The van der Waals surface area contributed by atoms with Gasteiger partial charge in [-0.25, -0.2) is 9.98 Å². The summed E-state index contributed by atoms with van der Waals surface area (Å²) in [4.78, 5) is 22.4. The van der Waals surface area contributed by atoms with Crippen LogP contribution in [0, 0.1) is 12.8 Å². The molecule has 1 aromatic carbocycles. The average molecular weight is 402 g/mol. The number of hydrogen-bond acceptors (Lipinski definition) is 4. The molecule has 3 N–H and O–H groups in total. The van der Waals surface area contributed by atoms with Crippen LogP contribution in [-0.4, -0.2) is 29.9 Å². The van der Waals surface area contributed by atoms with Gasteiger partial charge >= 0.3 is 0 Å². The van der Waals surface area contributed by atoms with Crippen molar-refractivity contribution >= 4 is 28.9 Å². The Hall–Kier alpha value is -2.41. The van der Waals surface area contributed by atoms with E-state index in [4.69, 9.17) is 0 Å². The summed E-state index contributed by atoms with van der Waals surface area (Å²) in [6.45, 7) is 10.2. The molecule has 0 saturated carbocycles. The Kier molecular flexibility index (Phi) is 8.94. The zero-order chi connectivity index (χ0) is 20.4. The van der Waals surface area contributed by atoms with E-state index in [1.807, 2.05) is 51.2 Å². The van der Waals surface area contributed by atoms with E-state index in [1.54, 1.807) is 11.3 Å². The second-order valence-electron chi connectivity index (χ2n) is 6.74. The third-order valence-corrected chi connectivity index (χ3v) is 5.29. The average Bonchev–Trinajstić information content (AvgIpc) is 3.10. The first-order valence-electron chi connectivity index (χ1n) is 9.85. The van der Waals surface area contributed by atoms with Crippen molar-refractivity contribution in [2.75, 3.05) is 18.4 Å². The molecule has 2 aromatic rings.